The predicted molar refractivity (Wildman–Crippen MR) is 124 cm³/mol. The van der Waals surface area contributed by atoms with E-state index >= 15 is 0 Å². The Labute approximate surface area is 195 Å². The molecular formula is C24H20ClN3O5. The third kappa shape index (κ3) is 5.81. The van der Waals surface area contributed by atoms with E-state index in [1.165, 1.54) is 0 Å². The van der Waals surface area contributed by atoms with Crippen LogP contribution in [0.15, 0.2) is 71.8 Å². The van der Waals surface area contributed by atoms with E-state index in [1.807, 2.05) is 0 Å². The molecule has 0 bridgehead atoms. The van der Waals surface area contributed by atoms with Crippen molar-refractivity contribution in [1.29, 1.82) is 0 Å². The first-order valence-electron chi connectivity index (χ1n) is 10.0. The standard InChI is InChI=1S/C24H20ClN3O5/c1-15(27-28-24(30)17-4-11-21-22(12-17)33-14-32-21)16-2-7-19(8-3-16)26-23(29)13-31-20-9-5-18(25)6-10-20/h2-12H,13-14H2,1H3,(H,26,29)(H,28,30)/b27-15+. The molecule has 1 aliphatic rings. The van der Waals surface area contributed by atoms with Gasteiger partial charge in [-0.2, -0.15) is 5.10 Å². The number of anilines is 1. The minimum atomic E-state index is -0.364. The van der Waals surface area contributed by atoms with E-state index in [-0.39, 0.29) is 25.2 Å². The maximum Gasteiger partial charge on any atom is 0.271 e. The van der Waals surface area contributed by atoms with Crippen LogP contribution in [-0.4, -0.2) is 30.9 Å². The molecule has 4 rings (SSSR count). The second-order valence-corrected chi connectivity index (χ2v) is 7.51. The molecule has 0 unspecified atom stereocenters. The number of amides is 2. The van der Waals surface area contributed by atoms with E-state index in [1.54, 1.807) is 73.7 Å². The van der Waals surface area contributed by atoms with Crippen LogP contribution in [0.2, 0.25) is 5.02 Å². The van der Waals surface area contributed by atoms with Crippen molar-refractivity contribution in [3.63, 3.8) is 0 Å². The Morgan fingerprint density at radius 3 is 2.42 bits per heavy atom. The lowest BCUT2D eigenvalue weighted by atomic mass is 10.1. The van der Waals surface area contributed by atoms with Gasteiger partial charge in [0.05, 0.1) is 5.71 Å². The summed E-state index contributed by atoms with van der Waals surface area (Å²) >= 11 is 5.83. The Morgan fingerprint density at radius 2 is 1.67 bits per heavy atom. The number of carbonyl (C=O) groups excluding carboxylic acids is 2. The molecule has 2 N–H and O–H groups in total. The number of halogens is 1. The van der Waals surface area contributed by atoms with Gasteiger partial charge >= 0.3 is 0 Å². The first kappa shape index (κ1) is 22.2. The molecule has 9 heteroatoms. The zero-order valence-electron chi connectivity index (χ0n) is 17.6. The van der Waals surface area contributed by atoms with E-state index in [0.717, 1.165) is 5.56 Å². The largest absolute Gasteiger partial charge is 0.484 e. The summed E-state index contributed by atoms with van der Waals surface area (Å²) in [6.45, 7) is 1.78. The number of fused-ring (bicyclic) bond motifs is 1. The van der Waals surface area contributed by atoms with Gasteiger partial charge in [0.1, 0.15) is 5.75 Å². The Morgan fingerprint density at radius 1 is 0.970 bits per heavy atom. The van der Waals surface area contributed by atoms with Crippen LogP contribution in [-0.2, 0) is 4.79 Å². The molecule has 0 spiro atoms. The van der Waals surface area contributed by atoms with Gasteiger partial charge in [-0.1, -0.05) is 23.7 Å². The van der Waals surface area contributed by atoms with E-state index in [2.05, 4.69) is 15.8 Å². The third-order valence-corrected chi connectivity index (χ3v) is 4.98. The zero-order valence-corrected chi connectivity index (χ0v) is 18.4. The summed E-state index contributed by atoms with van der Waals surface area (Å²) in [7, 11) is 0. The summed E-state index contributed by atoms with van der Waals surface area (Å²) in [5.74, 6) is 1.03. The van der Waals surface area contributed by atoms with Gasteiger partial charge in [0.15, 0.2) is 18.1 Å². The lowest BCUT2D eigenvalue weighted by Crippen LogP contribution is -2.20. The highest BCUT2D eigenvalue weighted by molar-refractivity contribution is 6.30. The minimum Gasteiger partial charge on any atom is -0.484 e. The van der Waals surface area contributed by atoms with E-state index < -0.39 is 0 Å². The molecule has 0 radical (unpaired) electrons. The number of hydrazone groups is 1. The Balaban J connectivity index is 1.29. The van der Waals surface area contributed by atoms with Crippen LogP contribution >= 0.6 is 11.6 Å². The summed E-state index contributed by atoms with van der Waals surface area (Å²) < 4.78 is 16.0. The summed E-state index contributed by atoms with van der Waals surface area (Å²) in [6.07, 6.45) is 0. The maximum atomic E-state index is 12.4. The zero-order chi connectivity index (χ0) is 23.2. The molecule has 3 aromatic rings. The molecule has 0 fully saturated rings. The molecule has 1 aliphatic heterocycles. The molecule has 0 atom stereocenters. The molecule has 168 valence electrons. The monoisotopic (exact) mass is 465 g/mol. The summed E-state index contributed by atoms with van der Waals surface area (Å²) in [5, 5.41) is 7.51. The van der Waals surface area contributed by atoms with Crippen molar-refractivity contribution in [2.75, 3.05) is 18.7 Å². The van der Waals surface area contributed by atoms with Gasteiger partial charge < -0.3 is 19.5 Å². The first-order valence-corrected chi connectivity index (χ1v) is 10.4. The van der Waals surface area contributed by atoms with Gasteiger partial charge in [0.2, 0.25) is 6.79 Å². The van der Waals surface area contributed by atoms with Crippen molar-refractivity contribution in [2.45, 2.75) is 6.92 Å². The highest BCUT2D eigenvalue weighted by Gasteiger charge is 2.16. The number of rotatable bonds is 7. The molecule has 0 saturated carbocycles. The number of benzene rings is 3. The summed E-state index contributed by atoms with van der Waals surface area (Å²) in [6, 6.07) is 18.8. The third-order valence-electron chi connectivity index (χ3n) is 4.73. The van der Waals surface area contributed by atoms with E-state index in [0.29, 0.717) is 39.2 Å². The Bertz CT molecular complexity index is 1190. The van der Waals surface area contributed by atoms with E-state index in [4.69, 9.17) is 25.8 Å². The minimum absolute atomic E-state index is 0.129. The number of ether oxygens (including phenoxy) is 3. The first-order chi connectivity index (χ1) is 16.0. The quantitative estimate of drug-likeness (QED) is 0.401. The highest BCUT2D eigenvalue weighted by atomic mass is 35.5. The topological polar surface area (TPSA) is 98.3 Å². The van der Waals surface area contributed by atoms with Crippen molar-refractivity contribution in [3.05, 3.63) is 82.9 Å². The van der Waals surface area contributed by atoms with Gasteiger partial charge in [-0.25, -0.2) is 5.43 Å². The molecule has 0 aromatic heterocycles. The van der Waals surface area contributed by atoms with Gasteiger partial charge in [0, 0.05) is 16.3 Å². The van der Waals surface area contributed by atoms with Crippen LogP contribution in [0.3, 0.4) is 0 Å². The summed E-state index contributed by atoms with van der Waals surface area (Å²) in [5.41, 5.74) is 4.95. The van der Waals surface area contributed by atoms with Gasteiger partial charge in [0.25, 0.3) is 11.8 Å². The van der Waals surface area contributed by atoms with Crippen molar-refractivity contribution in [2.24, 2.45) is 5.10 Å². The molecule has 1 heterocycles. The van der Waals surface area contributed by atoms with Crippen LogP contribution in [0, 0.1) is 0 Å². The van der Waals surface area contributed by atoms with Crippen LogP contribution in [0.25, 0.3) is 0 Å². The van der Waals surface area contributed by atoms with Crippen LogP contribution in [0.5, 0.6) is 17.2 Å². The van der Waals surface area contributed by atoms with Crippen molar-refractivity contribution in [3.8, 4) is 17.2 Å². The molecule has 2 amide bonds. The molecular weight excluding hydrogens is 446 g/mol. The molecule has 0 saturated heterocycles. The number of carbonyl (C=O) groups is 2. The average Bonchev–Trinajstić information content (AvgIpc) is 3.30. The van der Waals surface area contributed by atoms with Crippen molar-refractivity contribution in [1.82, 2.24) is 5.43 Å². The lowest BCUT2D eigenvalue weighted by Gasteiger charge is -2.08. The fourth-order valence-electron chi connectivity index (χ4n) is 2.97. The van der Waals surface area contributed by atoms with Gasteiger partial charge in [-0.3, -0.25) is 9.59 Å². The average molecular weight is 466 g/mol. The van der Waals surface area contributed by atoms with Gasteiger partial charge in [-0.05, 0) is 67.1 Å². The normalized spacial score (nSPS) is 12.2. The molecule has 8 nitrogen and oxygen atoms in total. The smallest absolute Gasteiger partial charge is 0.271 e. The number of nitrogens with zero attached hydrogens (tertiary/aromatic N) is 1. The number of nitrogens with one attached hydrogen (secondary N) is 2. The SMILES string of the molecule is C/C(=N\NC(=O)c1ccc2c(c1)OCO2)c1ccc(NC(=O)COc2ccc(Cl)cc2)cc1. The predicted octanol–water partition coefficient (Wildman–Crippen LogP) is 4.24. The fraction of sp³-hybridized carbons (Fsp3) is 0.125. The molecule has 3 aromatic carbocycles. The van der Waals surface area contributed by atoms with Crippen LogP contribution in [0.1, 0.15) is 22.8 Å². The lowest BCUT2D eigenvalue weighted by molar-refractivity contribution is -0.118. The number of hydrogen-bond donors (Lipinski definition) is 2. The molecule has 0 aliphatic carbocycles. The van der Waals surface area contributed by atoms with Gasteiger partial charge in [-0.15, -0.1) is 0 Å². The number of hydrogen-bond acceptors (Lipinski definition) is 6. The second kappa shape index (κ2) is 10.1. The second-order valence-electron chi connectivity index (χ2n) is 7.07. The van der Waals surface area contributed by atoms with Crippen LogP contribution < -0.4 is 25.0 Å². The van der Waals surface area contributed by atoms with Crippen molar-refractivity contribution < 1.29 is 23.8 Å². The maximum absolute atomic E-state index is 12.4. The van der Waals surface area contributed by atoms with Crippen molar-refractivity contribution >= 4 is 34.8 Å². The van der Waals surface area contributed by atoms with E-state index in [9.17, 15) is 9.59 Å². The Hall–Kier alpha value is -4.04. The fourth-order valence-corrected chi connectivity index (χ4v) is 3.10. The Kier molecular flexibility index (Phi) is 6.75. The summed E-state index contributed by atoms with van der Waals surface area (Å²) in [4.78, 5) is 24.5. The highest BCUT2D eigenvalue weighted by Crippen LogP contribution is 2.32. The van der Waals surface area contributed by atoms with Crippen LogP contribution in [0.4, 0.5) is 5.69 Å². The molecule has 33 heavy (non-hydrogen) atoms.